The van der Waals surface area contributed by atoms with Gasteiger partial charge in [0.25, 0.3) is 0 Å². The predicted octanol–water partition coefficient (Wildman–Crippen LogP) is 4.03. The monoisotopic (exact) mass is 798 g/mol. The third-order valence-corrected chi connectivity index (χ3v) is 8.46. The SMILES string of the molecule is CC(C)(C)OC(=O)CN1CCN(CC(=O)OC(C)(C)C)CCN(CC(O)COc2ccc(C(=O)OCc3ccccc3)cc2)CCN(CC(=O)OC(C)(C)C)CC1. The molecule has 2 aromatic rings. The van der Waals surface area contributed by atoms with Gasteiger partial charge in [-0.25, -0.2) is 4.79 Å². The predicted molar refractivity (Wildman–Crippen MR) is 217 cm³/mol. The number of aliphatic hydroxyl groups is 1. The lowest BCUT2D eigenvalue weighted by Gasteiger charge is -2.35. The maximum atomic E-state index is 13.0. The van der Waals surface area contributed by atoms with Gasteiger partial charge in [-0.1, -0.05) is 30.3 Å². The molecule has 0 saturated carbocycles. The number of aliphatic hydroxyl groups excluding tert-OH is 1. The van der Waals surface area contributed by atoms with Crippen molar-refractivity contribution < 1.29 is 48.0 Å². The van der Waals surface area contributed by atoms with Gasteiger partial charge in [0.2, 0.25) is 0 Å². The Balaban J connectivity index is 1.71. The number of carbonyl (C=O) groups excluding carboxylic acids is 4. The Morgan fingerprint density at radius 2 is 0.965 bits per heavy atom. The number of carbonyl (C=O) groups is 4. The van der Waals surface area contributed by atoms with Crippen LogP contribution in [0.15, 0.2) is 54.6 Å². The molecule has 1 aliphatic rings. The lowest BCUT2D eigenvalue weighted by molar-refractivity contribution is -0.158. The van der Waals surface area contributed by atoms with Crippen LogP contribution in [0.1, 0.15) is 78.2 Å². The van der Waals surface area contributed by atoms with Crippen LogP contribution in [0, 0.1) is 0 Å². The summed E-state index contributed by atoms with van der Waals surface area (Å²) in [4.78, 5) is 59.6. The van der Waals surface area contributed by atoms with Crippen LogP contribution in [0.4, 0.5) is 0 Å². The molecule has 0 radical (unpaired) electrons. The fourth-order valence-electron chi connectivity index (χ4n) is 5.94. The zero-order valence-electron chi connectivity index (χ0n) is 35.6. The summed E-state index contributed by atoms with van der Waals surface area (Å²) in [7, 11) is 0. The van der Waals surface area contributed by atoms with Crippen LogP contribution in [0.2, 0.25) is 0 Å². The van der Waals surface area contributed by atoms with Crippen molar-refractivity contribution in [1.29, 1.82) is 0 Å². The third kappa shape index (κ3) is 20.8. The average molecular weight is 799 g/mol. The zero-order valence-corrected chi connectivity index (χ0v) is 35.6. The van der Waals surface area contributed by atoms with Crippen molar-refractivity contribution in [1.82, 2.24) is 19.6 Å². The Bertz CT molecular complexity index is 1500. The molecule has 1 heterocycles. The normalized spacial score (nSPS) is 16.7. The molecule has 1 fully saturated rings. The largest absolute Gasteiger partial charge is 0.491 e. The van der Waals surface area contributed by atoms with Gasteiger partial charge in [0, 0.05) is 58.9 Å². The number of hydrogen-bond acceptors (Lipinski definition) is 14. The number of rotatable bonds is 14. The van der Waals surface area contributed by atoms with Crippen LogP contribution in [0.3, 0.4) is 0 Å². The summed E-state index contributed by atoms with van der Waals surface area (Å²) in [5.74, 6) is -1.02. The van der Waals surface area contributed by atoms with Crippen LogP contribution in [-0.2, 0) is 39.9 Å². The number of ether oxygens (including phenoxy) is 5. The van der Waals surface area contributed by atoms with E-state index in [9.17, 15) is 24.3 Å². The van der Waals surface area contributed by atoms with Crippen molar-refractivity contribution in [3.05, 3.63) is 65.7 Å². The Morgan fingerprint density at radius 3 is 1.35 bits per heavy atom. The second-order valence-corrected chi connectivity index (χ2v) is 17.4. The lowest BCUT2D eigenvalue weighted by Crippen LogP contribution is -2.50. The van der Waals surface area contributed by atoms with Crippen molar-refractivity contribution in [3.63, 3.8) is 0 Å². The van der Waals surface area contributed by atoms with E-state index in [0.29, 0.717) is 63.7 Å². The quantitative estimate of drug-likeness (QED) is 0.217. The van der Waals surface area contributed by atoms with E-state index in [1.165, 1.54) is 0 Å². The van der Waals surface area contributed by atoms with Gasteiger partial charge < -0.3 is 28.8 Å². The molecule has 0 aliphatic carbocycles. The van der Waals surface area contributed by atoms with E-state index >= 15 is 0 Å². The summed E-state index contributed by atoms with van der Waals surface area (Å²) in [6, 6.07) is 16.0. The minimum Gasteiger partial charge on any atom is -0.491 e. The molecule has 1 aliphatic heterocycles. The smallest absolute Gasteiger partial charge is 0.338 e. The van der Waals surface area contributed by atoms with E-state index in [-0.39, 0.29) is 57.3 Å². The van der Waals surface area contributed by atoms with Gasteiger partial charge in [-0.3, -0.25) is 34.0 Å². The molecule has 1 atom stereocenters. The summed E-state index contributed by atoms with van der Waals surface area (Å²) in [6.07, 6.45) is -0.878. The highest BCUT2D eigenvalue weighted by Crippen LogP contribution is 2.16. The second-order valence-electron chi connectivity index (χ2n) is 17.4. The van der Waals surface area contributed by atoms with Gasteiger partial charge >= 0.3 is 23.9 Å². The van der Waals surface area contributed by atoms with E-state index < -0.39 is 28.9 Å². The summed E-state index contributed by atoms with van der Waals surface area (Å²) in [6.45, 7) is 20.8. The number of benzene rings is 2. The average Bonchev–Trinajstić information content (AvgIpc) is 3.09. The highest BCUT2D eigenvalue weighted by atomic mass is 16.6. The second kappa shape index (κ2) is 22.2. The highest BCUT2D eigenvalue weighted by molar-refractivity contribution is 5.89. The van der Waals surface area contributed by atoms with Crippen molar-refractivity contribution in [3.8, 4) is 5.75 Å². The molecule has 1 unspecified atom stereocenters. The van der Waals surface area contributed by atoms with Gasteiger partial charge in [0.1, 0.15) is 41.9 Å². The first kappa shape index (κ1) is 47.3. The van der Waals surface area contributed by atoms with E-state index in [2.05, 4.69) is 4.90 Å². The Labute approximate surface area is 339 Å². The van der Waals surface area contributed by atoms with Crippen LogP contribution in [0.5, 0.6) is 5.75 Å². The first-order valence-corrected chi connectivity index (χ1v) is 19.8. The standard InChI is InChI=1S/C43H66N4O10/c1-41(2,3)55-37(49)28-45-21-19-44(27-35(48)32-53-36-17-15-34(16-18-36)40(52)54-31-33-13-11-10-12-14-33)20-22-46(29-38(50)56-42(4,5)6)24-26-47(25-23-45)30-39(51)57-43(7,8)9/h10-18,35,48H,19-32H2,1-9H3. The summed E-state index contributed by atoms with van der Waals surface area (Å²) in [5, 5.41) is 11.2. The summed E-state index contributed by atoms with van der Waals surface area (Å²) in [5.41, 5.74) is -0.654. The van der Waals surface area contributed by atoms with Crippen LogP contribution in [0.25, 0.3) is 0 Å². The van der Waals surface area contributed by atoms with Gasteiger partial charge in [-0.2, -0.15) is 0 Å². The molecule has 1 N–H and O–H groups in total. The number of β-amino-alcohol motifs (C(OH)–C–C–N with tert-alkyl or cyclic N) is 1. The van der Waals surface area contributed by atoms with Crippen LogP contribution < -0.4 is 4.74 Å². The Morgan fingerprint density at radius 1 is 0.579 bits per heavy atom. The maximum Gasteiger partial charge on any atom is 0.338 e. The molecule has 3 rings (SSSR count). The van der Waals surface area contributed by atoms with E-state index in [4.69, 9.17) is 23.7 Å². The maximum absolute atomic E-state index is 13.0. The molecule has 2 aromatic carbocycles. The summed E-state index contributed by atoms with van der Waals surface area (Å²) >= 11 is 0. The van der Waals surface area contributed by atoms with Gasteiger partial charge in [-0.15, -0.1) is 0 Å². The number of esters is 4. The molecular formula is C43H66N4O10. The van der Waals surface area contributed by atoms with Crippen molar-refractivity contribution >= 4 is 23.9 Å². The number of hydrogen-bond donors (Lipinski definition) is 1. The molecule has 0 bridgehead atoms. The molecule has 0 spiro atoms. The minimum absolute atomic E-state index is 0.00281. The highest BCUT2D eigenvalue weighted by Gasteiger charge is 2.26. The molecule has 0 aromatic heterocycles. The molecule has 14 heteroatoms. The molecule has 318 valence electrons. The van der Waals surface area contributed by atoms with E-state index in [1.54, 1.807) is 24.3 Å². The molecule has 57 heavy (non-hydrogen) atoms. The molecule has 1 saturated heterocycles. The Kier molecular flexibility index (Phi) is 18.4. The van der Waals surface area contributed by atoms with E-state index in [1.807, 2.05) is 107 Å². The molecule has 0 amide bonds. The third-order valence-electron chi connectivity index (χ3n) is 8.46. The van der Waals surface area contributed by atoms with Crippen LogP contribution in [-0.4, -0.2) is 157 Å². The van der Waals surface area contributed by atoms with Crippen molar-refractivity contribution in [2.24, 2.45) is 0 Å². The first-order chi connectivity index (χ1) is 26.6. The van der Waals surface area contributed by atoms with E-state index in [0.717, 1.165) is 5.56 Å². The topological polar surface area (TPSA) is 148 Å². The van der Waals surface area contributed by atoms with Crippen molar-refractivity contribution in [2.75, 3.05) is 85.1 Å². The fourth-order valence-corrected chi connectivity index (χ4v) is 5.94. The van der Waals surface area contributed by atoms with Crippen LogP contribution >= 0.6 is 0 Å². The van der Waals surface area contributed by atoms with Crippen molar-refractivity contribution in [2.45, 2.75) is 91.8 Å². The summed E-state index contributed by atoms with van der Waals surface area (Å²) < 4.78 is 28.2. The van der Waals surface area contributed by atoms with Gasteiger partial charge in [0.05, 0.1) is 25.2 Å². The molecule has 14 nitrogen and oxygen atoms in total. The lowest BCUT2D eigenvalue weighted by atomic mass is 10.2. The fraction of sp³-hybridized carbons (Fsp3) is 0.628. The van der Waals surface area contributed by atoms with Gasteiger partial charge in [0.15, 0.2) is 0 Å². The number of nitrogens with zero attached hydrogens (tertiary/aromatic N) is 4. The Hall–Kier alpha value is -4.08. The minimum atomic E-state index is -0.878. The first-order valence-electron chi connectivity index (χ1n) is 19.8. The zero-order chi connectivity index (χ0) is 42.2. The van der Waals surface area contributed by atoms with Gasteiger partial charge in [-0.05, 0) is 92.1 Å². The molecular weight excluding hydrogens is 732 g/mol.